The first-order chi connectivity index (χ1) is 25.1. The molecule has 54 heavy (non-hydrogen) atoms. The molecule has 11 heteroatoms. The number of benzene rings is 1. The van der Waals surface area contributed by atoms with Gasteiger partial charge in [-0.05, 0) is 114 Å². The van der Waals surface area contributed by atoms with Crippen LogP contribution < -0.4 is 10.2 Å². The second kappa shape index (κ2) is 19.0. The van der Waals surface area contributed by atoms with Crippen LogP contribution in [0, 0.1) is 23.2 Å². The molecule has 1 aromatic heterocycles. The van der Waals surface area contributed by atoms with E-state index in [0.717, 1.165) is 101 Å². The standard InChI is InChI=1S/C43H64N4O5S.H2O/c1-42(2,3)27-33-32-17-18-35(49)40(39(32)45-41(33)53-43(4,5)6)46-25-22-29(23-26-46)21-24-44-36(50)12-10-8-7-9-11-34(48)31-15-13-30(14-16-31)28-47-37(51)19-20-38(47)52;/h17-20,29-31,45,49H,7-16,21-28H2,1-6H3,(H,44,50);1H2. The number of nitrogens with zero attached hydrogens (tertiary/aromatic N) is 2. The van der Waals surface area contributed by atoms with Gasteiger partial charge in [0.05, 0.1) is 5.52 Å². The number of Topliss-reactive ketones (excluding diaryl/α,β-unsaturated/α-hetero) is 1. The minimum atomic E-state index is -0.224. The van der Waals surface area contributed by atoms with E-state index in [4.69, 9.17) is 0 Å². The second-order valence-electron chi connectivity index (χ2n) is 18.1. The highest BCUT2D eigenvalue weighted by Crippen LogP contribution is 2.42. The first-order valence-corrected chi connectivity index (χ1v) is 21.1. The summed E-state index contributed by atoms with van der Waals surface area (Å²) in [5.74, 6) is 1.28. The number of phenols is 1. The number of carbonyl (C=O) groups excluding carboxylic acids is 4. The monoisotopic (exact) mass is 766 g/mol. The quantitative estimate of drug-likeness (QED) is 0.0688. The van der Waals surface area contributed by atoms with Crippen LogP contribution in [0.2, 0.25) is 0 Å². The molecule has 300 valence electrons. The van der Waals surface area contributed by atoms with Crippen LogP contribution in [-0.4, -0.2) is 74.9 Å². The number of hydrogen-bond donors (Lipinski definition) is 3. The van der Waals surface area contributed by atoms with Gasteiger partial charge < -0.3 is 25.8 Å². The summed E-state index contributed by atoms with van der Waals surface area (Å²) in [5.41, 5.74) is 3.49. The zero-order valence-electron chi connectivity index (χ0n) is 33.6. The number of hydrogen-bond acceptors (Lipinski definition) is 7. The molecular formula is C43H66N4O6S. The van der Waals surface area contributed by atoms with Gasteiger partial charge in [-0.3, -0.25) is 24.1 Å². The van der Waals surface area contributed by atoms with Gasteiger partial charge in [-0.15, -0.1) is 0 Å². The lowest BCUT2D eigenvalue weighted by Gasteiger charge is -2.34. The van der Waals surface area contributed by atoms with Crippen LogP contribution in [0.4, 0.5) is 5.69 Å². The van der Waals surface area contributed by atoms with Crippen molar-refractivity contribution >= 4 is 51.9 Å². The van der Waals surface area contributed by atoms with Gasteiger partial charge in [-0.25, -0.2) is 0 Å². The molecule has 1 aliphatic carbocycles. The smallest absolute Gasteiger partial charge is 0.253 e. The molecule has 0 radical (unpaired) electrons. The molecule has 10 nitrogen and oxygen atoms in total. The van der Waals surface area contributed by atoms with Crippen molar-refractivity contribution in [1.29, 1.82) is 0 Å². The summed E-state index contributed by atoms with van der Waals surface area (Å²) in [4.78, 5) is 56.5. The number of ketones is 1. The molecule has 2 fully saturated rings. The van der Waals surface area contributed by atoms with Crippen molar-refractivity contribution in [2.75, 3.05) is 31.1 Å². The Morgan fingerprint density at radius 3 is 2.11 bits per heavy atom. The zero-order valence-corrected chi connectivity index (χ0v) is 34.5. The summed E-state index contributed by atoms with van der Waals surface area (Å²) in [7, 11) is 0. The number of aromatic amines is 1. The summed E-state index contributed by atoms with van der Waals surface area (Å²) in [6, 6.07) is 3.96. The number of imide groups is 1. The van der Waals surface area contributed by atoms with Gasteiger partial charge in [0.2, 0.25) is 10.9 Å². The number of H-pyrrole nitrogens is 1. The van der Waals surface area contributed by atoms with Crippen LogP contribution in [0.1, 0.15) is 131 Å². The normalized spacial score (nSPS) is 19.8. The Morgan fingerprint density at radius 1 is 0.870 bits per heavy atom. The van der Waals surface area contributed by atoms with Crippen molar-refractivity contribution in [3.63, 3.8) is 0 Å². The third-order valence-electron chi connectivity index (χ3n) is 11.2. The number of thiol groups is 1. The molecule has 3 heterocycles. The van der Waals surface area contributed by atoms with E-state index >= 15 is 0 Å². The number of amides is 3. The highest BCUT2D eigenvalue weighted by Gasteiger charge is 2.33. The van der Waals surface area contributed by atoms with Gasteiger partial charge >= 0.3 is 0 Å². The molecule has 0 atom stereocenters. The van der Waals surface area contributed by atoms with Gasteiger partial charge in [0.25, 0.3) is 11.8 Å². The van der Waals surface area contributed by atoms with Gasteiger partial charge in [0, 0.05) is 79.8 Å². The molecule has 0 unspecified atom stereocenters. The molecule has 1 aromatic carbocycles. The van der Waals surface area contributed by atoms with Gasteiger partial charge in [0.1, 0.15) is 22.0 Å². The SMILES string of the molecule is CC(C)(C)Cc1c([SH+]C(C)(C)C)[nH]c2c(N3CCC(CCNC(=O)CCCCCCC(=O)C4CCC(CN5C(=O)C=CC5=O)CC4)CC3)c(O)ccc12.[OH-]. The minimum Gasteiger partial charge on any atom is -0.870 e. The third kappa shape index (κ3) is 12.1. The Balaban J connectivity index is 0.00000650. The van der Waals surface area contributed by atoms with Crippen molar-refractivity contribution in [3.8, 4) is 5.75 Å². The van der Waals surface area contributed by atoms with Crippen molar-refractivity contribution in [3.05, 3.63) is 29.8 Å². The summed E-state index contributed by atoms with van der Waals surface area (Å²) < 4.78 is 0.120. The van der Waals surface area contributed by atoms with E-state index in [-0.39, 0.29) is 45.2 Å². The highest BCUT2D eigenvalue weighted by atomic mass is 32.2. The topological polar surface area (TPSA) is 153 Å². The lowest BCUT2D eigenvalue weighted by atomic mass is 9.79. The van der Waals surface area contributed by atoms with E-state index in [1.807, 2.05) is 6.07 Å². The molecule has 1 saturated carbocycles. The maximum Gasteiger partial charge on any atom is 0.253 e. The Hall–Kier alpha value is -3.31. The molecule has 1 saturated heterocycles. The van der Waals surface area contributed by atoms with Crippen LogP contribution >= 0.6 is 0 Å². The van der Waals surface area contributed by atoms with Crippen molar-refractivity contribution in [2.24, 2.45) is 23.2 Å². The maximum atomic E-state index is 12.8. The average molecular weight is 767 g/mol. The summed E-state index contributed by atoms with van der Waals surface area (Å²) in [6.45, 7) is 16.6. The molecule has 0 bridgehead atoms. The average Bonchev–Trinajstić information content (AvgIpc) is 3.58. The van der Waals surface area contributed by atoms with Crippen LogP contribution in [0.5, 0.6) is 5.75 Å². The third-order valence-corrected chi connectivity index (χ3v) is 12.5. The summed E-state index contributed by atoms with van der Waals surface area (Å²) >= 11 is 1.26. The van der Waals surface area contributed by atoms with E-state index < -0.39 is 0 Å². The van der Waals surface area contributed by atoms with Crippen LogP contribution in [0.3, 0.4) is 0 Å². The van der Waals surface area contributed by atoms with E-state index in [1.54, 1.807) is 0 Å². The maximum absolute atomic E-state index is 12.8. The number of rotatable bonds is 16. The Bertz CT molecular complexity index is 1620. The number of aromatic hydroxyl groups is 1. The Labute approximate surface area is 327 Å². The van der Waals surface area contributed by atoms with Gasteiger partial charge in [-0.2, -0.15) is 0 Å². The predicted molar refractivity (Wildman–Crippen MR) is 218 cm³/mol. The van der Waals surface area contributed by atoms with Crippen LogP contribution in [-0.2, 0) is 37.4 Å². The van der Waals surface area contributed by atoms with Gasteiger partial charge in [0.15, 0.2) is 0 Å². The molecule has 3 aliphatic rings. The minimum absolute atomic E-state index is 0. The number of anilines is 1. The van der Waals surface area contributed by atoms with Crippen LogP contribution in [0.25, 0.3) is 10.9 Å². The number of phenolic OH excluding ortho intramolecular Hbond substituents is 1. The number of nitrogens with one attached hydrogen (secondary N) is 2. The van der Waals surface area contributed by atoms with Crippen molar-refractivity contribution in [2.45, 2.75) is 141 Å². The Morgan fingerprint density at radius 2 is 1.50 bits per heavy atom. The largest absolute Gasteiger partial charge is 0.870 e. The fourth-order valence-electron chi connectivity index (χ4n) is 8.37. The number of fused-ring (bicyclic) bond motifs is 1. The first-order valence-electron chi connectivity index (χ1n) is 20.3. The lowest BCUT2D eigenvalue weighted by molar-refractivity contribution is -0.138. The van der Waals surface area contributed by atoms with E-state index in [0.29, 0.717) is 43.4 Å². The van der Waals surface area contributed by atoms with Crippen LogP contribution in [0.15, 0.2) is 29.3 Å². The van der Waals surface area contributed by atoms with E-state index in [2.05, 4.69) is 62.8 Å². The lowest BCUT2D eigenvalue weighted by Crippen LogP contribution is -2.36. The molecule has 3 amide bonds. The molecule has 5 rings (SSSR count). The fourth-order valence-corrected chi connectivity index (χ4v) is 9.54. The van der Waals surface area contributed by atoms with Crippen molar-refractivity contribution in [1.82, 2.24) is 15.2 Å². The zero-order chi connectivity index (χ0) is 38.3. The number of aromatic nitrogens is 1. The van der Waals surface area contributed by atoms with E-state index in [1.165, 1.54) is 44.8 Å². The number of piperidine rings is 1. The first kappa shape index (κ1) is 43.4. The summed E-state index contributed by atoms with van der Waals surface area (Å²) in [5, 5.41) is 16.7. The molecule has 0 spiro atoms. The molecule has 4 N–H and O–H groups in total. The fraction of sp³-hybridized carbons (Fsp3) is 0.674. The van der Waals surface area contributed by atoms with Gasteiger partial charge in [-0.1, -0.05) is 33.6 Å². The second-order valence-corrected chi connectivity index (χ2v) is 20.1. The number of carbonyl (C=O) groups is 4. The van der Waals surface area contributed by atoms with Crippen molar-refractivity contribution < 1.29 is 29.8 Å². The highest BCUT2D eigenvalue weighted by molar-refractivity contribution is 7.80. The molecule has 2 aliphatic heterocycles. The van der Waals surface area contributed by atoms with E-state index in [9.17, 15) is 24.3 Å². The molecule has 2 aromatic rings. The predicted octanol–water partition coefficient (Wildman–Crippen LogP) is 7.62. The number of unbranched alkanes of at least 4 members (excludes halogenated alkanes) is 3. The molecular weight excluding hydrogens is 701 g/mol. The summed E-state index contributed by atoms with van der Waals surface area (Å²) in [6.07, 6.45) is 14.9. The Kier molecular flexibility index (Phi) is 15.3.